The van der Waals surface area contributed by atoms with Crippen LogP contribution in [0.25, 0.3) is 10.9 Å². The molecule has 1 aliphatic heterocycles. The zero-order valence-electron chi connectivity index (χ0n) is 17.3. The van der Waals surface area contributed by atoms with Crippen molar-refractivity contribution < 1.29 is 19.1 Å². The minimum atomic E-state index is -0.0956. The largest absolute Gasteiger partial charge is 0.493 e. The van der Waals surface area contributed by atoms with E-state index in [4.69, 9.17) is 21.1 Å². The maximum atomic E-state index is 13.0. The van der Waals surface area contributed by atoms with Crippen molar-refractivity contribution in [3.05, 3.63) is 64.8 Å². The van der Waals surface area contributed by atoms with E-state index in [1.807, 2.05) is 12.1 Å². The molecule has 7 nitrogen and oxygen atoms in total. The van der Waals surface area contributed by atoms with Crippen LogP contribution in [0.4, 0.5) is 0 Å². The molecule has 0 atom stereocenters. The summed E-state index contributed by atoms with van der Waals surface area (Å²) in [5.41, 5.74) is 1.86. The Balaban J connectivity index is 1.43. The molecule has 4 rings (SSSR count). The summed E-state index contributed by atoms with van der Waals surface area (Å²) in [6, 6.07) is 14.0. The Morgan fingerprint density at radius 3 is 2.00 bits per heavy atom. The number of halogens is 1. The molecule has 0 radical (unpaired) electrons. The Kier molecular flexibility index (Phi) is 5.95. The fourth-order valence-corrected chi connectivity index (χ4v) is 3.83. The third-order valence-corrected chi connectivity index (χ3v) is 5.60. The number of hydrogen-bond donors (Lipinski definition) is 0. The number of methoxy groups -OCH3 is 2. The van der Waals surface area contributed by atoms with E-state index in [-0.39, 0.29) is 11.8 Å². The van der Waals surface area contributed by atoms with Crippen LogP contribution in [0.5, 0.6) is 11.5 Å². The summed E-state index contributed by atoms with van der Waals surface area (Å²) >= 11 is 5.93. The molecule has 0 aliphatic carbocycles. The van der Waals surface area contributed by atoms with Crippen LogP contribution in [0.3, 0.4) is 0 Å². The fraction of sp³-hybridized carbons (Fsp3) is 0.261. The number of rotatable bonds is 4. The molecule has 1 fully saturated rings. The highest BCUT2D eigenvalue weighted by Crippen LogP contribution is 2.28. The molecule has 0 bridgehead atoms. The highest BCUT2D eigenvalue weighted by molar-refractivity contribution is 6.29. The Labute approximate surface area is 185 Å². The van der Waals surface area contributed by atoms with Crippen LogP contribution in [0.15, 0.2) is 48.5 Å². The predicted molar refractivity (Wildman–Crippen MR) is 118 cm³/mol. The molecule has 2 aromatic carbocycles. The van der Waals surface area contributed by atoms with E-state index < -0.39 is 0 Å². The van der Waals surface area contributed by atoms with E-state index in [2.05, 4.69) is 4.98 Å². The molecule has 0 spiro atoms. The van der Waals surface area contributed by atoms with Gasteiger partial charge in [0.1, 0.15) is 5.15 Å². The van der Waals surface area contributed by atoms with Crippen LogP contribution >= 0.6 is 11.6 Å². The molecular formula is C23H22ClN3O4. The molecule has 1 aromatic heterocycles. The second-order valence-corrected chi connectivity index (χ2v) is 7.58. The molecular weight excluding hydrogens is 418 g/mol. The highest BCUT2D eigenvalue weighted by Gasteiger charge is 2.26. The molecule has 0 saturated carbocycles. The first-order valence-electron chi connectivity index (χ1n) is 9.87. The lowest BCUT2D eigenvalue weighted by Crippen LogP contribution is -2.50. The van der Waals surface area contributed by atoms with Crippen molar-refractivity contribution in [3.63, 3.8) is 0 Å². The monoisotopic (exact) mass is 439 g/mol. The fourth-order valence-electron chi connectivity index (χ4n) is 3.68. The first-order chi connectivity index (χ1) is 15.0. The molecule has 2 heterocycles. The maximum Gasteiger partial charge on any atom is 0.254 e. The molecule has 160 valence electrons. The molecule has 2 amide bonds. The third kappa shape index (κ3) is 4.27. The Hall–Kier alpha value is -3.32. The Morgan fingerprint density at radius 1 is 0.806 bits per heavy atom. The summed E-state index contributed by atoms with van der Waals surface area (Å²) in [4.78, 5) is 33.6. The van der Waals surface area contributed by atoms with Gasteiger partial charge < -0.3 is 19.3 Å². The van der Waals surface area contributed by atoms with E-state index >= 15 is 0 Å². The lowest BCUT2D eigenvalue weighted by Gasteiger charge is -2.35. The lowest BCUT2D eigenvalue weighted by atomic mass is 10.1. The Morgan fingerprint density at radius 2 is 1.39 bits per heavy atom. The summed E-state index contributed by atoms with van der Waals surface area (Å²) in [6.45, 7) is 1.86. The van der Waals surface area contributed by atoms with E-state index in [9.17, 15) is 9.59 Å². The average molecular weight is 440 g/mol. The summed E-state index contributed by atoms with van der Waals surface area (Å²) < 4.78 is 10.5. The molecule has 1 aliphatic rings. The zero-order chi connectivity index (χ0) is 22.0. The van der Waals surface area contributed by atoms with Crippen molar-refractivity contribution in [1.29, 1.82) is 0 Å². The topological polar surface area (TPSA) is 72.0 Å². The van der Waals surface area contributed by atoms with Gasteiger partial charge >= 0.3 is 0 Å². The normalized spacial score (nSPS) is 13.9. The van der Waals surface area contributed by atoms with Gasteiger partial charge in [0.25, 0.3) is 11.8 Å². The van der Waals surface area contributed by atoms with Gasteiger partial charge in [0.05, 0.1) is 19.7 Å². The van der Waals surface area contributed by atoms with Gasteiger partial charge in [-0.2, -0.15) is 0 Å². The van der Waals surface area contributed by atoms with Gasteiger partial charge in [0.2, 0.25) is 0 Å². The number of carbonyl (C=O) groups is 2. The number of ether oxygens (including phenoxy) is 2. The molecule has 31 heavy (non-hydrogen) atoms. The third-order valence-electron chi connectivity index (χ3n) is 5.39. The number of hydrogen-bond acceptors (Lipinski definition) is 5. The number of amides is 2. The molecule has 0 unspecified atom stereocenters. The summed E-state index contributed by atoms with van der Waals surface area (Å²) in [6.07, 6.45) is 0. The number of fused-ring (bicyclic) bond motifs is 1. The number of nitrogens with zero attached hydrogens (tertiary/aromatic N) is 3. The van der Waals surface area contributed by atoms with Gasteiger partial charge in [0.15, 0.2) is 11.5 Å². The van der Waals surface area contributed by atoms with Crippen LogP contribution in [0.1, 0.15) is 20.7 Å². The van der Waals surface area contributed by atoms with Crippen molar-refractivity contribution >= 4 is 34.3 Å². The van der Waals surface area contributed by atoms with Crippen molar-refractivity contribution in [2.45, 2.75) is 0 Å². The SMILES string of the molecule is COc1ccc(C(=O)N2CCN(C(=O)c3ccc4nc(Cl)ccc4c3)CC2)cc1OC. The smallest absolute Gasteiger partial charge is 0.254 e. The van der Waals surface area contributed by atoms with Crippen LogP contribution < -0.4 is 9.47 Å². The van der Waals surface area contributed by atoms with E-state index in [0.717, 1.165) is 10.9 Å². The molecule has 3 aromatic rings. The van der Waals surface area contributed by atoms with Gasteiger partial charge in [0, 0.05) is 42.7 Å². The van der Waals surface area contributed by atoms with Crippen molar-refractivity contribution in [1.82, 2.24) is 14.8 Å². The predicted octanol–water partition coefficient (Wildman–Crippen LogP) is 3.50. The van der Waals surface area contributed by atoms with Gasteiger partial charge in [-0.3, -0.25) is 9.59 Å². The molecule has 0 N–H and O–H groups in total. The first-order valence-corrected chi connectivity index (χ1v) is 10.2. The van der Waals surface area contributed by atoms with E-state index in [1.165, 1.54) is 7.11 Å². The number of carbonyl (C=O) groups excluding carboxylic acids is 2. The summed E-state index contributed by atoms with van der Waals surface area (Å²) in [5.74, 6) is 0.924. The zero-order valence-corrected chi connectivity index (χ0v) is 18.1. The molecule has 8 heteroatoms. The standard InChI is InChI=1S/C23H22ClN3O4/c1-30-19-7-4-17(14-20(19)31-2)23(29)27-11-9-26(10-12-27)22(28)16-3-6-18-15(13-16)5-8-21(24)25-18/h3-8,13-14H,9-12H2,1-2H3. The molecule has 1 saturated heterocycles. The first kappa shape index (κ1) is 20.9. The summed E-state index contributed by atoms with van der Waals surface area (Å²) in [5, 5.41) is 1.28. The van der Waals surface area contributed by atoms with Gasteiger partial charge in [-0.15, -0.1) is 0 Å². The second-order valence-electron chi connectivity index (χ2n) is 7.20. The van der Waals surface area contributed by atoms with Crippen LogP contribution in [-0.2, 0) is 0 Å². The van der Waals surface area contributed by atoms with Crippen LogP contribution in [-0.4, -0.2) is 67.0 Å². The van der Waals surface area contributed by atoms with Gasteiger partial charge in [-0.25, -0.2) is 4.98 Å². The van der Waals surface area contributed by atoms with Crippen molar-refractivity contribution in [2.75, 3.05) is 40.4 Å². The number of pyridine rings is 1. The summed E-state index contributed by atoms with van der Waals surface area (Å²) in [7, 11) is 3.09. The van der Waals surface area contributed by atoms with Crippen molar-refractivity contribution in [2.24, 2.45) is 0 Å². The number of piperazine rings is 1. The Bertz CT molecular complexity index is 1140. The van der Waals surface area contributed by atoms with E-state index in [1.54, 1.807) is 53.3 Å². The maximum absolute atomic E-state index is 13.0. The minimum Gasteiger partial charge on any atom is -0.493 e. The van der Waals surface area contributed by atoms with Gasteiger partial charge in [-0.05, 0) is 48.5 Å². The van der Waals surface area contributed by atoms with Crippen molar-refractivity contribution in [3.8, 4) is 11.5 Å². The minimum absolute atomic E-state index is 0.0601. The van der Waals surface area contributed by atoms with Gasteiger partial charge in [-0.1, -0.05) is 11.6 Å². The number of aromatic nitrogens is 1. The lowest BCUT2D eigenvalue weighted by molar-refractivity contribution is 0.0535. The second kappa shape index (κ2) is 8.81. The van der Waals surface area contributed by atoms with Crippen LogP contribution in [0.2, 0.25) is 5.15 Å². The quantitative estimate of drug-likeness (QED) is 0.582. The van der Waals surface area contributed by atoms with E-state index in [0.29, 0.717) is 54.0 Å². The average Bonchev–Trinajstić information content (AvgIpc) is 2.82. The number of benzene rings is 2. The van der Waals surface area contributed by atoms with Crippen LogP contribution in [0, 0.1) is 0 Å². The highest BCUT2D eigenvalue weighted by atomic mass is 35.5.